The zero-order valence-electron chi connectivity index (χ0n) is 12.7. The molecule has 1 aliphatic heterocycles. The smallest absolute Gasteiger partial charge is 0.254 e. The second-order valence-electron chi connectivity index (χ2n) is 5.86. The second kappa shape index (κ2) is 6.27. The molecule has 1 aliphatic rings. The van der Waals surface area contributed by atoms with Crippen molar-refractivity contribution in [2.75, 3.05) is 32.1 Å². The number of hydrogen-bond donors (Lipinski definition) is 1. The van der Waals surface area contributed by atoms with Crippen molar-refractivity contribution in [3.05, 3.63) is 29.8 Å². The molecule has 1 aromatic carbocycles. The highest BCUT2D eigenvalue weighted by Gasteiger charge is 2.31. The molecule has 0 radical (unpaired) electrons. The predicted octanol–water partition coefficient (Wildman–Crippen LogP) is 1.95. The predicted molar refractivity (Wildman–Crippen MR) is 83.0 cm³/mol. The van der Waals surface area contributed by atoms with Crippen LogP contribution in [0.1, 0.15) is 30.1 Å². The Hall–Kier alpha value is -1.55. The van der Waals surface area contributed by atoms with Crippen molar-refractivity contribution in [3.63, 3.8) is 0 Å². The molecule has 0 aromatic heterocycles. The third-order valence-electron chi connectivity index (χ3n) is 4.25. The summed E-state index contributed by atoms with van der Waals surface area (Å²) < 4.78 is 0. The number of rotatable bonds is 3. The highest BCUT2D eigenvalue weighted by Crippen LogP contribution is 2.24. The largest absolute Gasteiger partial charge is 0.378 e. The number of likely N-dealkylation sites (tertiary alicyclic amines) is 1. The quantitative estimate of drug-likeness (QED) is 0.917. The van der Waals surface area contributed by atoms with Gasteiger partial charge in [-0.3, -0.25) is 4.79 Å². The standard InChI is InChI=1S/C16H25N3O/c1-12-5-4-10-19(15(12)11-17)16(20)13-6-8-14(9-7-13)18(2)3/h6-9,12,15H,4-5,10-11,17H2,1-3H3. The van der Waals surface area contributed by atoms with E-state index in [1.807, 2.05) is 48.2 Å². The lowest BCUT2D eigenvalue weighted by Gasteiger charge is -2.39. The van der Waals surface area contributed by atoms with Crippen LogP contribution in [-0.2, 0) is 0 Å². The van der Waals surface area contributed by atoms with Crippen LogP contribution in [0.4, 0.5) is 5.69 Å². The lowest BCUT2D eigenvalue weighted by atomic mass is 9.90. The summed E-state index contributed by atoms with van der Waals surface area (Å²) in [5.74, 6) is 0.594. The number of carbonyl (C=O) groups excluding carboxylic acids is 1. The number of nitrogens with two attached hydrogens (primary N) is 1. The first kappa shape index (κ1) is 14.9. The number of carbonyl (C=O) groups is 1. The van der Waals surface area contributed by atoms with E-state index in [9.17, 15) is 4.79 Å². The first-order chi connectivity index (χ1) is 9.54. The second-order valence-corrected chi connectivity index (χ2v) is 5.86. The van der Waals surface area contributed by atoms with Crippen molar-refractivity contribution in [1.29, 1.82) is 0 Å². The van der Waals surface area contributed by atoms with Gasteiger partial charge in [0.1, 0.15) is 0 Å². The zero-order chi connectivity index (χ0) is 14.7. The molecule has 0 spiro atoms. The van der Waals surface area contributed by atoms with E-state index < -0.39 is 0 Å². The van der Waals surface area contributed by atoms with Gasteiger partial charge in [-0.1, -0.05) is 6.92 Å². The number of anilines is 1. The molecule has 1 fully saturated rings. The van der Waals surface area contributed by atoms with Crippen molar-refractivity contribution in [3.8, 4) is 0 Å². The fourth-order valence-corrected chi connectivity index (χ4v) is 2.93. The van der Waals surface area contributed by atoms with E-state index in [0.717, 1.165) is 30.6 Å². The van der Waals surface area contributed by atoms with E-state index in [2.05, 4.69) is 6.92 Å². The molecule has 4 nitrogen and oxygen atoms in total. The van der Waals surface area contributed by atoms with Crippen molar-refractivity contribution in [2.24, 2.45) is 11.7 Å². The highest BCUT2D eigenvalue weighted by atomic mass is 16.2. The molecular weight excluding hydrogens is 250 g/mol. The van der Waals surface area contributed by atoms with Gasteiger partial charge in [-0.2, -0.15) is 0 Å². The van der Waals surface area contributed by atoms with E-state index in [0.29, 0.717) is 12.5 Å². The van der Waals surface area contributed by atoms with Gasteiger partial charge in [-0.05, 0) is 43.0 Å². The minimum atomic E-state index is 0.109. The lowest BCUT2D eigenvalue weighted by Crippen LogP contribution is -2.51. The van der Waals surface area contributed by atoms with Gasteiger partial charge >= 0.3 is 0 Å². The molecule has 2 rings (SSSR count). The Bertz CT molecular complexity index is 455. The molecule has 1 amide bonds. The number of amides is 1. The van der Waals surface area contributed by atoms with Crippen LogP contribution in [0, 0.1) is 5.92 Å². The Morgan fingerprint density at radius 2 is 2.00 bits per heavy atom. The molecule has 4 heteroatoms. The summed E-state index contributed by atoms with van der Waals surface area (Å²) in [6.07, 6.45) is 2.23. The Morgan fingerprint density at radius 1 is 1.35 bits per heavy atom. The van der Waals surface area contributed by atoms with Crippen molar-refractivity contribution < 1.29 is 4.79 Å². The van der Waals surface area contributed by atoms with Crippen molar-refractivity contribution in [1.82, 2.24) is 4.90 Å². The summed E-state index contributed by atoms with van der Waals surface area (Å²) >= 11 is 0. The summed E-state index contributed by atoms with van der Waals surface area (Å²) in [6.45, 7) is 3.55. The Morgan fingerprint density at radius 3 is 2.55 bits per heavy atom. The summed E-state index contributed by atoms with van der Waals surface area (Å²) in [7, 11) is 3.99. The molecule has 110 valence electrons. The molecule has 1 aromatic rings. The Balaban J connectivity index is 2.17. The molecule has 1 saturated heterocycles. The van der Waals surface area contributed by atoms with Gasteiger partial charge in [0.15, 0.2) is 0 Å². The first-order valence-electron chi connectivity index (χ1n) is 7.33. The maximum absolute atomic E-state index is 12.7. The van der Waals surface area contributed by atoms with Gasteiger partial charge in [0.2, 0.25) is 0 Å². The van der Waals surface area contributed by atoms with Gasteiger partial charge < -0.3 is 15.5 Å². The van der Waals surface area contributed by atoms with E-state index in [-0.39, 0.29) is 11.9 Å². The van der Waals surface area contributed by atoms with E-state index in [1.54, 1.807) is 0 Å². The third-order valence-corrected chi connectivity index (χ3v) is 4.25. The Kier molecular flexibility index (Phi) is 4.65. The highest BCUT2D eigenvalue weighted by molar-refractivity contribution is 5.94. The molecule has 1 heterocycles. The fourth-order valence-electron chi connectivity index (χ4n) is 2.93. The summed E-state index contributed by atoms with van der Waals surface area (Å²) in [6, 6.07) is 7.95. The minimum Gasteiger partial charge on any atom is -0.378 e. The van der Waals surface area contributed by atoms with Crippen LogP contribution in [0.15, 0.2) is 24.3 Å². The average molecular weight is 275 g/mol. The molecule has 0 bridgehead atoms. The fraction of sp³-hybridized carbons (Fsp3) is 0.562. The molecule has 2 N–H and O–H groups in total. The van der Waals surface area contributed by atoms with Crippen LogP contribution in [0.25, 0.3) is 0 Å². The van der Waals surface area contributed by atoms with Crippen LogP contribution in [0.3, 0.4) is 0 Å². The van der Waals surface area contributed by atoms with Crippen LogP contribution < -0.4 is 10.6 Å². The number of nitrogens with zero attached hydrogens (tertiary/aromatic N) is 2. The number of piperidine rings is 1. The maximum atomic E-state index is 12.7. The van der Waals surface area contributed by atoms with E-state index in [1.165, 1.54) is 0 Å². The summed E-state index contributed by atoms with van der Waals surface area (Å²) in [5.41, 5.74) is 7.72. The average Bonchev–Trinajstić information content (AvgIpc) is 2.46. The van der Waals surface area contributed by atoms with E-state index >= 15 is 0 Å². The van der Waals surface area contributed by atoms with E-state index in [4.69, 9.17) is 5.73 Å². The van der Waals surface area contributed by atoms with Gasteiger partial charge in [0.05, 0.1) is 0 Å². The summed E-state index contributed by atoms with van der Waals surface area (Å²) in [4.78, 5) is 16.6. The van der Waals surface area contributed by atoms with Gasteiger partial charge in [-0.25, -0.2) is 0 Å². The van der Waals surface area contributed by atoms with Crippen LogP contribution in [0.2, 0.25) is 0 Å². The third kappa shape index (κ3) is 2.96. The normalized spacial score (nSPS) is 22.7. The van der Waals surface area contributed by atoms with Crippen molar-refractivity contribution >= 4 is 11.6 Å². The van der Waals surface area contributed by atoms with Gasteiger partial charge in [0, 0.05) is 44.5 Å². The molecular formula is C16H25N3O. The minimum absolute atomic E-state index is 0.109. The summed E-state index contributed by atoms with van der Waals surface area (Å²) in [5, 5.41) is 0. The Labute approximate surface area is 121 Å². The maximum Gasteiger partial charge on any atom is 0.254 e. The van der Waals surface area contributed by atoms with Crippen molar-refractivity contribution in [2.45, 2.75) is 25.8 Å². The first-order valence-corrected chi connectivity index (χ1v) is 7.33. The van der Waals surface area contributed by atoms with Crippen LogP contribution in [0.5, 0.6) is 0 Å². The number of hydrogen-bond acceptors (Lipinski definition) is 3. The van der Waals surface area contributed by atoms with Gasteiger partial charge in [-0.15, -0.1) is 0 Å². The van der Waals surface area contributed by atoms with Gasteiger partial charge in [0.25, 0.3) is 5.91 Å². The molecule has 0 saturated carbocycles. The zero-order valence-corrected chi connectivity index (χ0v) is 12.7. The lowest BCUT2D eigenvalue weighted by molar-refractivity contribution is 0.0532. The molecule has 2 unspecified atom stereocenters. The van der Waals surface area contributed by atoms with Crippen LogP contribution >= 0.6 is 0 Å². The number of benzene rings is 1. The molecule has 0 aliphatic carbocycles. The monoisotopic (exact) mass is 275 g/mol. The topological polar surface area (TPSA) is 49.6 Å². The molecule has 20 heavy (non-hydrogen) atoms. The molecule has 2 atom stereocenters. The van der Waals surface area contributed by atoms with Crippen LogP contribution in [-0.4, -0.2) is 44.0 Å². The SMILES string of the molecule is CC1CCCN(C(=O)c2ccc(N(C)C)cc2)C1CN.